The van der Waals surface area contributed by atoms with E-state index in [1.54, 1.807) is 19.1 Å². The molecule has 1 aromatic carbocycles. The summed E-state index contributed by atoms with van der Waals surface area (Å²) in [5.41, 5.74) is 3.91. The third-order valence-electron chi connectivity index (χ3n) is 4.85. The summed E-state index contributed by atoms with van der Waals surface area (Å²) in [4.78, 5) is 37.3. The molecule has 2 heterocycles. The Bertz CT molecular complexity index is 1080. The first-order valence-electron chi connectivity index (χ1n) is 8.50. The fourth-order valence-electron chi connectivity index (χ4n) is 3.30. The van der Waals surface area contributed by atoms with E-state index in [4.69, 9.17) is 12.2 Å². The number of hydrogen-bond donors (Lipinski definition) is 2. The quantitative estimate of drug-likeness (QED) is 0.471. The smallest absolute Gasteiger partial charge is 0.336 e. The largest absolute Gasteiger partial charge is 0.478 e. The van der Waals surface area contributed by atoms with Crippen molar-refractivity contribution in [2.24, 2.45) is 0 Å². The number of thiocarbonyl (C=S) groups is 1. The minimum Gasteiger partial charge on any atom is -0.478 e. The minimum absolute atomic E-state index is 0.00708. The van der Waals surface area contributed by atoms with Gasteiger partial charge in [0.05, 0.1) is 5.56 Å². The lowest BCUT2D eigenvalue weighted by Crippen LogP contribution is -2.52. The van der Waals surface area contributed by atoms with Crippen molar-refractivity contribution < 1.29 is 19.5 Å². The average molecular weight is 397 g/mol. The number of nitrogens with one attached hydrogen (secondary N) is 1. The normalized spacial score (nSPS) is 15.9. The standard InChI is InChI=1S/C20H19N3O4S/c1-10-8-13(9-15-17(24)21-20(28)22(4)18(15)25)12(3)23(10)16-7-5-6-14(11(16)2)19(26)27/h5-9H,1-4H3,(H,26,27)(H,21,24,28)/b15-9+. The van der Waals surface area contributed by atoms with Crippen LogP contribution in [0.5, 0.6) is 0 Å². The van der Waals surface area contributed by atoms with Crippen LogP contribution in [-0.4, -0.2) is 44.5 Å². The number of aromatic nitrogens is 1. The first-order chi connectivity index (χ1) is 13.1. The highest BCUT2D eigenvalue weighted by Crippen LogP contribution is 2.27. The van der Waals surface area contributed by atoms with Gasteiger partial charge in [0.15, 0.2) is 5.11 Å². The summed E-state index contributed by atoms with van der Waals surface area (Å²) in [5, 5.41) is 11.9. The Kier molecular flexibility index (Phi) is 4.91. The van der Waals surface area contributed by atoms with Crippen molar-refractivity contribution in [2.75, 3.05) is 7.05 Å². The molecular formula is C20H19N3O4S. The van der Waals surface area contributed by atoms with E-state index in [-0.39, 0.29) is 16.2 Å². The maximum atomic E-state index is 12.4. The van der Waals surface area contributed by atoms with Gasteiger partial charge < -0.3 is 9.67 Å². The van der Waals surface area contributed by atoms with Gasteiger partial charge in [-0.1, -0.05) is 6.07 Å². The summed E-state index contributed by atoms with van der Waals surface area (Å²) >= 11 is 4.96. The third-order valence-corrected chi connectivity index (χ3v) is 5.23. The SMILES string of the molecule is Cc1c(C(=O)O)cccc1-n1c(C)cc(/C=C2\C(=O)NC(=S)N(C)C2=O)c1C. The molecule has 2 aromatic rings. The van der Waals surface area contributed by atoms with Crippen LogP contribution in [0.1, 0.15) is 32.9 Å². The van der Waals surface area contributed by atoms with Gasteiger partial charge in [0.2, 0.25) is 0 Å². The summed E-state index contributed by atoms with van der Waals surface area (Å²) in [6, 6.07) is 6.94. The molecule has 144 valence electrons. The predicted octanol–water partition coefficient (Wildman–Crippen LogP) is 2.36. The molecule has 0 bridgehead atoms. The van der Waals surface area contributed by atoms with Crippen molar-refractivity contribution >= 4 is 41.2 Å². The monoisotopic (exact) mass is 397 g/mol. The number of amides is 2. The number of rotatable bonds is 3. The number of nitrogens with zero attached hydrogens (tertiary/aromatic N) is 2. The van der Waals surface area contributed by atoms with E-state index < -0.39 is 17.8 Å². The molecule has 0 atom stereocenters. The second-order valence-electron chi connectivity index (χ2n) is 6.60. The van der Waals surface area contributed by atoms with Crippen LogP contribution in [0.15, 0.2) is 29.8 Å². The first kappa shape index (κ1) is 19.5. The lowest BCUT2D eigenvalue weighted by atomic mass is 10.1. The summed E-state index contributed by atoms with van der Waals surface area (Å²) in [6.07, 6.45) is 1.53. The van der Waals surface area contributed by atoms with E-state index in [2.05, 4.69) is 5.32 Å². The van der Waals surface area contributed by atoms with Crippen LogP contribution >= 0.6 is 12.2 Å². The molecule has 1 saturated heterocycles. The molecule has 28 heavy (non-hydrogen) atoms. The maximum absolute atomic E-state index is 12.4. The number of carbonyl (C=O) groups is 3. The summed E-state index contributed by atoms with van der Waals surface area (Å²) < 4.78 is 1.91. The van der Waals surface area contributed by atoms with Crippen LogP contribution in [0.3, 0.4) is 0 Å². The van der Waals surface area contributed by atoms with E-state index >= 15 is 0 Å². The fourth-order valence-corrected chi connectivity index (χ4v) is 3.48. The number of hydrogen-bond acceptors (Lipinski definition) is 4. The number of likely N-dealkylation sites (N-methyl/N-ethyl adjacent to an activating group) is 1. The number of carbonyl (C=O) groups excluding carboxylic acids is 2. The molecular weight excluding hydrogens is 378 g/mol. The molecule has 2 amide bonds. The number of benzene rings is 1. The van der Waals surface area contributed by atoms with E-state index in [9.17, 15) is 19.5 Å². The highest BCUT2D eigenvalue weighted by atomic mass is 32.1. The van der Waals surface area contributed by atoms with Gasteiger partial charge in [-0.3, -0.25) is 19.8 Å². The molecule has 7 nitrogen and oxygen atoms in total. The Morgan fingerprint density at radius 2 is 1.89 bits per heavy atom. The second-order valence-corrected chi connectivity index (χ2v) is 6.98. The summed E-state index contributed by atoms with van der Waals surface area (Å²) in [7, 11) is 1.50. The van der Waals surface area contributed by atoms with Gasteiger partial charge in [0.25, 0.3) is 11.8 Å². The summed E-state index contributed by atoms with van der Waals surface area (Å²) in [5.74, 6) is -2.00. The highest BCUT2D eigenvalue weighted by molar-refractivity contribution is 7.80. The van der Waals surface area contributed by atoms with Crippen molar-refractivity contribution in [3.05, 3.63) is 57.9 Å². The summed E-state index contributed by atoms with van der Waals surface area (Å²) in [6.45, 7) is 5.49. The Hall–Kier alpha value is -3.26. The lowest BCUT2D eigenvalue weighted by Gasteiger charge is -2.25. The van der Waals surface area contributed by atoms with Gasteiger partial charge in [0.1, 0.15) is 5.57 Å². The number of aryl methyl sites for hydroxylation is 1. The van der Waals surface area contributed by atoms with Gasteiger partial charge in [-0.15, -0.1) is 0 Å². The van der Waals surface area contributed by atoms with Gasteiger partial charge in [0, 0.05) is 24.1 Å². The Labute approximate surface area is 167 Å². The fraction of sp³-hybridized carbons (Fsp3) is 0.200. The van der Waals surface area contributed by atoms with E-state index in [1.165, 1.54) is 18.0 Å². The van der Waals surface area contributed by atoms with Crippen molar-refractivity contribution in [1.29, 1.82) is 0 Å². The molecule has 8 heteroatoms. The molecule has 1 aliphatic rings. The van der Waals surface area contributed by atoms with Gasteiger partial charge in [-0.2, -0.15) is 0 Å². The molecule has 0 aliphatic carbocycles. The van der Waals surface area contributed by atoms with E-state index in [0.717, 1.165) is 17.1 Å². The van der Waals surface area contributed by atoms with Gasteiger partial charge in [-0.05, 0) is 68.4 Å². The molecule has 0 saturated carbocycles. The van der Waals surface area contributed by atoms with Crippen LogP contribution in [0.2, 0.25) is 0 Å². The Balaban J connectivity index is 2.13. The minimum atomic E-state index is -0.993. The molecule has 1 aliphatic heterocycles. The molecule has 0 unspecified atom stereocenters. The van der Waals surface area contributed by atoms with Crippen molar-refractivity contribution in [2.45, 2.75) is 20.8 Å². The van der Waals surface area contributed by atoms with E-state index in [1.807, 2.05) is 30.5 Å². The maximum Gasteiger partial charge on any atom is 0.336 e. The molecule has 0 spiro atoms. The lowest BCUT2D eigenvalue weighted by molar-refractivity contribution is -0.128. The zero-order valence-electron chi connectivity index (χ0n) is 15.9. The van der Waals surface area contributed by atoms with Crippen LogP contribution in [0.4, 0.5) is 0 Å². The third kappa shape index (κ3) is 3.11. The average Bonchev–Trinajstić information content (AvgIpc) is 2.90. The van der Waals surface area contributed by atoms with Crippen LogP contribution < -0.4 is 5.32 Å². The predicted molar refractivity (Wildman–Crippen MR) is 108 cm³/mol. The van der Waals surface area contributed by atoms with Crippen molar-refractivity contribution in [1.82, 2.24) is 14.8 Å². The second kappa shape index (κ2) is 7.05. The molecule has 0 radical (unpaired) electrons. The van der Waals surface area contributed by atoms with Crippen LogP contribution in [0, 0.1) is 20.8 Å². The van der Waals surface area contributed by atoms with Crippen molar-refractivity contribution in [3.63, 3.8) is 0 Å². The molecule has 1 aromatic heterocycles. The van der Waals surface area contributed by atoms with Crippen LogP contribution in [-0.2, 0) is 9.59 Å². The zero-order valence-corrected chi connectivity index (χ0v) is 16.7. The number of carboxylic acid groups (broad SMARTS) is 1. The zero-order chi connectivity index (χ0) is 20.7. The van der Waals surface area contributed by atoms with Gasteiger partial charge in [-0.25, -0.2) is 4.79 Å². The highest BCUT2D eigenvalue weighted by Gasteiger charge is 2.31. The van der Waals surface area contributed by atoms with Crippen molar-refractivity contribution in [3.8, 4) is 5.69 Å². The van der Waals surface area contributed by atoms with E-state index in [0.29, 0.717) is 11.1 Å². The number of carboxylic acids is 1. The molecule has 3 rings (SSSR count). The Morgan fingerprint density at radius 1 is 1.21 bits per heavy atom. The first-order valence-corrected chi connectivity index (χ1v) is 8.91. The molecule has 1 fully saturated rings. The van der Waals surface area contributed by atoms with Crippen LogP contribution in [0.25, 0.3) is 11.8 Å². The Morgan fingerprint density at radius 3 is 2.54 bits per heavy atom. The molecule has 2 N–H and O–H groups in total. The van der Waals surface area contributed by atoms with Gasteiger partial charge >= 0.3 is 5.97 Å². The topological polar surface area (TPSA) is 91.6 Å². The number of aromatic carboxylic acids is 1.